The number of nitrogen functional groups attached to an aromatic ring is 1. The Morgan fingerprint density at radius 1 is 1.32 bits per heavy atom. The van der Waals surface area contributed by atoms with E-state index >= 15 is 0 Å². The molecule has 0 radical (unpaired) electrons. The minimum absolute atomic E-state index is 0.205. The summed E-state index contributed by atoms with van der Waals surface area (Å²) < 4.78 is 8.58. The number of anilines is 1. The van der Waals surface area contributed by atoms with Crippen LogP contribution in [0, 0.1) is 0 Å². The fourth-order valence-corrected chi connectivity index (χ4v) is 3.72. The molecule has 0 aliphatic carbocycles. The first-order valence-corrected chi connectivity index (χ1v) is 9.85. The van der Waals surface area contributed by atoms with Crippen molar-refractivity contribution in [3.63, 3.8) is 0 Å². The number of hydrogen-bond donors (Lipinski definition) is 2. The van der Waals surface area contributed by atoms with E-state index in [0.29, 0.717) is 13.1 Å². The van der Waals surface area contributed by atoms with E-state index in [2.05, 4.69) is 41.6 Å². The summed E-state index contributed by atoms with van der Waals surface area (Å²) in [4.78, 5) is 14.6. The third-order valence-corrected chi connectivity index (χ3v) is 5.13. The molecule has 28 heavy (non-hydrogen) atoms. The smallest absolute Gasteiger partial charge is 0.220 e. The number of nitrogens with two attached hydrogens (primary N) is 1. The van der Waals surface area contributed by atoms with E-state index in [-0.39, 0.29) is 12.0 Å². The Hall–Kier alpha value is -2.07. The Labute approximate surface area is 171 Å². The van der Waals surface area contributed by atoms with Crippen LogP contribution in [0.1, 0.15) is 26.8 Å². The zero-order chi connectivity index (χ0) is 20.1. The predicted molar refractivity (Wildman–Crippen MR) is 110 cm³/mol. The number of likely N-dealkylation sites (tertiary alicyclic amines) is 1. The zero-order valence-corrected chi connectivity index (χ0v) is 17.6. The average molecular weight is 447 g/mol. The third-order valence-electron chi connectivity index (χ3n) is 4.69. The summed E-state index contributed by atoms with van der Waals surface area (Å²) in [5.41, 5.74) is 8.12. The molecule has 0 saturated carbocycles. The second-order valence-corrected chi connectivity index (χ2v) is 8.75. The molecule has 0 amide bonds. The number of ether oxygens (including phenoxy) is 1. The van der Waals surface area contributed by atoms with Gasteiger partial charge in [-0.3, -0.25) is 4.90 Å². The number of nitrogens with zero attached hydrogens (tertiary/aromatic N) is 5. The van der Waals surface area contributed by atoms with Crippen LogP contribution in [0.4, 0.5) is 5.95 Å². The van der Waals surface area contributed by atoms with Gasteiger partial charge in [0, 0.05) is 36.4 Å². The number of pyridine rings is 1. The Balaban J connectivity index is 1.64. The summed E-state index contributed by atoms with van der Waals surface area (Å²) in [5.74, 6) is 0.240. The van der Waals surface area contributed by atoms with E-state index < -0.39 is 12.0 Å². The largest absolute Gasteiger partial charge is 0.368 e. The standard InChI is InChI=1S/C19H23BrN6O2/c1-19(2,3)28-18(27)25-8-11(9-25)26-10-13(14-4-5-22-17(21)24-14)12-6-16(20)23-7-15(12)26/h4-7,10-11,18,27H,8-9H2,1-3H3,(H2,21,22,24). The lowest BCUT2D eigenvalue weighted by Gasteiger charge is -2.44. The lowest BCUT2D eigenvalue weighted by Crippen LogP contribution is -2.54. The summed E-state index contributed by atoms with van der Waals surface area (Å²) in [6.45, 7) is 7.15. The van der Waals surface area contributed by atoms with Crippen molar-refractivity contribution in [2.45, 2.75) is 38.8 Å². The molecule has 3 aromatic heterocycles. The van der Waals surface area contributed by atoms with Crippen molar-refractivity contribution in [3.8, 4) is 11.3 Å². The van der Waals surface area contributed by atoms with E-state index in [1.54, 1.807) is 6.20 Å². The van der Waals surface area contributed by atoms with Crippen molar-refractivity contribution in [3.05, 3.63) is 35.3 Å². The Bertz CT molecular complexity index is 1010. The molecule has 4 heterocycles. The molecule has 4 rings (SSSR count). The maximum absolute atomic E-state index is 10.3. The molecular weight excluding hydrogens is 424 g/mol. The van der Waals surface area contributed by atoms with Gasteiger partial charge in [0.2, 0.25) is 12.4 Å². The highest BCUT2D eigenvalue weighted by Gasteiger charge is 2.35. The number of aromatic nitrogens is 4. The SMILES string of the molecule is CC(C)(C)OC(O)N1CC(n2cc(-c3ccnc(N)n3)c3cc(Br)ncc32)C1. The second-order valence-electron chi connectivity index (χ2n) is 7.94. The molecule has 1 aliphatic heterocycles. The fourth-order valence-electron chi connectivity index (χ4n) is 3.39. The van der Waals surface area contributed by atoms with Crippen molar-refractivity contribution in [2.75, 3.05) is 18.8 Å². The maximum Gasteiger partial charge on any atom is 0.220 e. The van der Waals surface area contributed by atoms with Gasteiger partial charge in [-0.25, -0.2) is 15.0 Å². The first-order chi connectivity index (χ1) is 13.2. The van der Waals surface area contributed by atoms with Crippen LogP contribution in [0.5, 0.6) is 0 Å². The van der Waals surface area contributed by atoms with Crippen molar-refractivity contribution < 1.29 is 9.84 Å². The highest BCUT2D eigenvalue weighted by atomic mass is 79.9. The zero-order valence-electron chi connectivity index (χ0n) is 16.0. The maximum atomic E-state index is 10.3. The molecule has 9 heteroatoms. The first-order valence-electron chi connectivity index (χ1n) is 9.06. The third kappa shape index (κ3) is 3.75. The number of halogens is 1. The van der Waals surface area contributed by atoms with Gasteiger partial charge in [-0.15, -0.1) is 0 Å². The van der Waals surface area contributed by atoms with Gasteiger partial charge in [-0.2, -0.15) is 0 Å². The minimum Gasteiger partial charge on any atom is -0.368 e. The van der Waals surface area contributed by atoms with E-state index in [1.807, 2.05) is 44.0 Å². The molecule has 3 aromatic rings. The highest BCUT2D eigenvalue weighted by Crippen LogP contribution is 2.35. The van der Waals surface area contributed by atoms with E-state index in [9.17, 15) is 5.11 Å². The van der Waals surface area contributed by atoms with Gasteiger partial charge in [0.05, 0.1) is 29.1 Å². The quantitative estimate of drug-likeness (QED) is 0.468. The molecule has 1 aliphatic rings. The fraction of sp³-hybridized carbons (Fsp3) is 0.421. The van der Waals surface area contributed by atoms with Gasteiger partial charge in [0.15, 0.2) is 0 Å². The van der Waals surface area contributed by atoms with E-state index in [0.717, 1.165) is 26.8 Å². The topological polar surface area (TPSA) is 102 Å². The summed E-state index contributed by atoms with van der Waals surface area (Å²) in [5, 5.41) is 11.3. The van der Waals surface area contributed by atoms with Gasteiger partial charge in [0.1, 0.15) is 4.60 Å². The average Bonchev–Trinajstić information content (AvgIpc) is 2.90. The van der Waals surface area contributed by atoms with Gasteiger partial charge in [-0.05, 0) is 48.8 Å². The van der Waals surface area contributed by atoms with Crippen molar-refractivity contribution in [2.24, 2.45) is 0 Å². The van der Waals surface area contributed by atoms with Gasteiger partial charge in [-0.1, -0.05) is 0 Å². The molecular formula is C19H23BrN6O2. The van der Waals surface area contributed by atoms with Crippen LogP contribution >= 0.6 is 15.9 Å². The van der Waals surface area contributed by atoms with E-state index in [1.165, 1.54) is 0 Å². The van der Waals surface area contributed by atoms with E-state index in [4.69, 9.17) is 10.5 Å². The number of aliphatic hydroxyl groups excluding tert-OH is 1. The first kappa shape index (κ1) is 19.3. The number of hydrogen-bond acceptors (Lipinski definition) is 7. The number of rotatable bonds is 4. The number of fused-ring (bicyclic) bond motifs is 1. The summed E-state index contributed by atoms with van der Waals surface area (Å²) in [7, 11) is 0. The molecule has 0 spiro atoms. The van der Waals surface area contributed by atoms with Crippen LogP contribution < -0.4 is 5.73 Å². The molecule has 3 N–H and O–H groups in total. The molecule has 148 valence electrons. The van der Waals surface area contributed by atoms with Crippen LogP contribution in [0.25, 0.3) is 22.2 Å². The van der Waals surface area contributed by atoms with Crippen LogP contribution in [0.3, 0.4) is 0 Å². The van der Waals surface area contributed by atoms with Crippen molar-refractivity contribution >= 4 is 32.8 Å². The monoisotopic (exact) mass is 446 g/mol. The van der Waals surface area contributed by atoms with Gasteiger partial charge in [0.25, 0.3) is 0 Å². The minimum atomic E-state index is -0.911. The summed E-state index contributed by atoms with van der Waals surface area (Å²) in [6, 6.07) is 4.03. The Kier molecular flexibility index (Phi) is 4.86. The molecule has 0 aromatic carbocycles. The van der Waals surface area contributed by atoms with Crippen molar-refractivity contribution in [1.29, 1.82) is 0 Å². The molecule has 1 unspecified atom stereocenters. The van der Waals surface area contributed by atoms with Gasteiger partial charge >= 0.3 is 0 Å². The second kappa shape index (κ2) is 7.07. The Morgan fingerprint density at radius 2 is 2.07 bits per heavy atom. The van der Waals surface area contributed by atoms with Crippen LogP contribution in [0.15, 0.2) is 35.3 Å². The predicted octanol–water partition coefficient (Wildman–Crippen LogP) is 2.79. The highest BCUT2D eigenvalue weighted by molar-refractivity contribution is 9.10. The molecule has 0 bridgehead atoms. The summed E-state index contributed by atoms with van der Waals surface area (Å²) >= 11 is 3.45. The molecule has 1 saturated heterocycles. The van der Waals surface area contributed by atoms with Crippen LogP contribution in [-0.4, -0.2) is 54.6 Å². The van der Waals surface area contributed by atoms with Crippen molar-refractivity contribution in [1.82, 2.24) is 24.4 Å². The summed E-state index contributed by atoms with van der Waals surface area (Å²) in [6.07, 6.45) is 4.66. The van der Waals surface area contributed by atoms with Gasteiger partial charge < -0.3 is 20.1 Å². The number of aliphatic hydroxyl groups is 1. The molecule has 8 nitrogen and oxygen atoms in total. The lowest BCUT2D eigenvalue weighted by molar-refractivity contribution is -0.259. The molecule has 1 atom stereocenters. The lowest BCUT2D eigenvalue weighted by atomic mass is 10.1. The molecule has 1 fully saturated rings. The van der Waals surface area contributed by atoms with Crippen LogP contribution in [0.2, 0.25) is 0 Å². The normalized spacial score (nSPS) is 17.0. The Morgan fingerprint density at radius 3 is 2.75 bits per heavy atom. The van der Waals surface area contributed by atoms with Crippen LogP contribution in [-0.2, 0) is 4.74 Å².